The smallest absolute Gasteiger partial charge is 0.361 e. The topological polar surface area (TPSA) is 120 Å². The molecule has 9 nitrogen and oxygen atoms in total. The molecule has 0 aliphatic heterocycles. The molecule has 10 heteroatoms. The molecule has 3 heterocycles. The van der Waals surface area contributed by atoms with E-state index in [1.165, 1.54) is 20.3 Å². The minimum absolute atomic E-state index is 0.0274. The summed E-state index contributed by atoms with van der Waals surface area (Å²) in [6, 6.07) is 7.93. The summed E-state index contributed by atoms with van der Waals surface area (Å²) in [6.45, 7) is -0.107. The summed E-state index contributed by atoms with van der Waals surface area (Å²) in [7, 11) is 2.88. The second-order valence-electron chi connectivity index (χ2n) is 8.56. The van der Waals surface area contributed by atoms with Crippen LogP contribution in [0.4, 0.5) is 0 Å². The summed E-state index contributed by atoms with van der Waals surface area (Å²) in [5, 5.41) is 23.8. The fraction of sp³-hybridized carbons (Fsp3) is 0.259. The highest BCUT2D eigenvalue weighted by Gasteiger charge is 2.24. The highest BCUT2D eigenvalue weighted by molar-refractivity contribution is 9.09. The quantitative estimate of drug-likeness (QED) is 0.110. The molecule has 0 atom stereocenters. The third-order valence-corrected chi connectivity index (χ3v) is 6.96. The molecule has 3 aromatic heterocycles. The molecule has 37 heavy (non-hydrogen) atoms. The van der Waals surface area contributed by atoms with E-state index < -0.39 is 5.63 Å². The number of ether oxygens (including phenoxy) is 3. The van der Waals surface area contributed by atoms with Crippen molar-refractivity contribution in [2.24, 2.45) is 0 Å². The van der Waals surface area contributed by atoms with Gasteiger partial charge >= 0.3 is 11.6 Å². The number of benzene rings is 2. The van der Waals surface area contributed by atoms with Crippen molar-refractivity contribution < 1.29 is 33.6 Å². The summed E-state index contributed by atoms with van der Waals surface area (Å²) in [5.41, 5.74) is 0.964. The van der Waals surface area contributed by atoms with Crippen LogP contribution in [-0.4, -0.2) is 40.1 Å². The number of pyridine rings is 1. The van der Waals surface area contributed by atoms with Gasteiger partial charge in [0.2, 0.25) is 0 Å². The number of esters is 1. The number of alkyl halides is 1. The predicted octanol–water partition coefficient (Wildman–Crippen LogP) is 5.39. The number of halogens is 1. The molecule has 0 unspecified atom stereocenters. The van der Waals surface area contributed by atoms with Crippen molar-refractivity contribution in [2.45, 2.75) is 25.9 Å². The Kier molecular flexibility index (Phi) is 6.59. The van der Waals surface area contributed by atoms with Gasteiger partial charge in [-0.2, -0.15) is 0 Å². The van der Waals surface area contributed by atoms with Gasteiger partial charge in [0.1, 0.15) is 17.7 Å². The molecule has 2 aromatic carbocycles. The zero-order valence-corrected chi connectivity index (χ0v) is 21.8. The minimum Gasteiger partial charge on any atom is -0.504 e. The van der Waals surface area contributed by atoms with Crippen LogP contribution in [-0.2, 0) is 16.1 Å². The van der Waals surface area contributed by atoms with Crippen LogP contribution in [0.1, 0.15) is 24.8 Å². The number of hydrogen-bond acceptors (Lipinski definition) is 8. The lowest BCUT2D eigenvalue weighted by Crippen LogP contribution is -2.05. The second-order valence-corrected chi connectivity index (χ2v) is 9.36. The van der Waals surface area contributed by atoms with Gasteiger partial charge in [-0.05, 0) is 42.5 Å². The Balaban J connectivity index is 1.86. The maximum Gasteiger partial charge on any atom is 0.361 e. The van der Waals surface area contributed by atoms with Gasteiger partial charge in [0.05, 0.1) is 19.7 Å². The molecule has 2 N–H and O–H groups in total. The Morgan fingerprint density at radius 1 is 1.00 bits per heavy atom. The van der Waals surface area contributed by atoms with E-state index in [1.54, 1.807) is 34.9 Å². The first-order valence-corrected chi connectivity index (χ1v) is 12.7. The van der Waals surface area contributed by atoms with E-state index in [4.69, 9.17) is 18.6 Å². The van der Waals surface area contributed by atoms with Gasteiger partial charge in [0.25, 0.3) is 0 Å². The normalized spacial score (nSPS) is 11.5. The van der Waals surface area contributed by atoms with E-state index >= 15 is 0 Å². The van der Waals surface area contributed by atoms with Crippen molar-refractivity contribution >= 4 is 60.1 Å². The minimum atomic E-state index is -0.623. The molecule has 5 rings (SSSR count). The Morgan fingerprint density at radius 2 is 1.70 bits per heavy atom. The first kappa shape index (κ1) is 24.8. The molecular formula is C27H24BrNO8. The van der Waals surface area contributed by atoms with Gasteiger partial charge in [0, 0.05) is 45.7 Å². The number of carbonyl (C=O) groups excluding carboxylic acids is 1. The number of phenols is 2. The third kappa shape index (κ3) is 4.21. The monoisotopic (exact) mass is 569 g/mol. The lowest BCUT2D eigenvalue weighted by Gasteiger charge is -2.10. The number of rotatable bonds is 8. The molecule has 0 saturated carbocycles. The van der Waals surface area contributed by atoms with E-state index in [2.05, 4.69) is 15.9 Å². The van der Waals surface area contributed by atoms with Crippen molar-refractivity contribution in [3.63, 3.8) is 0 Å². The highest BCUT2D eigenvalue weighted by atomic mass is 79.9. The highest BCUT2D eigenvalue weighted by Crippen LogP contribution is 2.41. The van der Waals surface area contributed by atoms with Crippen LogP contribution in [0.15, 0.2) is 45.7 Å². The SMILES string of the molecule is COc1cc2c(cc1O)oc(=O)c1c2c(COC(=O)CCCCBr)c2c3cc(OC)c(O)cc3ccn21. The number of phenolic OH excluding ortho intramolecular Hbond substituents is 2. The van der Waals surface area contributed by atoms with Crippen LogP contribution >= 0.6 is 15.9 Å². The average molecular weight is 570 g/mol. The number of aromatic hydroxyl groups is 2. The van der Waals surface area contributed by atoms with Gasteiger partial charge in [-0.15, -0.1) is 0 Å². The van der Waals surface area contributed by atoms with Crippen LogP contribution in [0, 0.1) is 0 Å². The largest absolute Gasteiger partial charge is 0.504 e. The molecule has 0 spiro atoms. The number of unbranched alkanes of at least 4 members (excludes halogenated alkanes) is 1. The molecule has 0 saturated heterocycles. The molecule has 0 amide bonds. The molecule has 0 bridgehead atoms. The van der Waals surface area contributed by atoms with E-state index in [0.717, 1.165) is 11.8 Å². The summed E-state index contributed by atoms with van der Waals surface area (Å²) >= 11 is 3.36. The summed E-state index contributed by atoms with van der Waals surface area (Å²) in [5.74, 6) is -0.0994. The maximum absolute atomic E-state index is 13.2. The van der Waals surface area contributed by atoms with Gasteiger partial charge < -0.3 is 33.2 Å². The summed E-state index contributed by atoms with van der Waals surface area (Å²) in [6.07, 6.45) is 3.50. The fourth-order valence-electron chi connectivity index (χ4n) is 4.69. The second kappa shape index (κ2) is 9.85. The van der Waals surface area contributed by atoms with Crippen LogP contribution in [0.25, 0.3) is 38.2 Å². The van der Waals surface area contributed by atoms with Gasteiger partial charge in [-0.3, -0.25) is 4.79 Å². The molecule has 0 radical (unpaired) electrons. The standard InChI is InChI=1S/C27H24BrNO8/c1-34-21-10-15-14(9-18(21)30)6-8-29-25(15)17(13-36-23(32)5-3-4-7-28)24-16-11-22(35-2)19(31)12-20(16)37-27(33)26(24)29/h6,8-12,30-31H,3-5,7,13H2,1-2H3. The third-order valence-electron chi connectivity index (χ3n) is 6.40. The fourth-order valence-corrected chi connectivity index (χ4v) is 5.08. The van der Waals surface area contributed by atoms with Gasteiger partial charge in [-0.1, -0.05) is 15.9 Å². The molecule has 0 aliphatic rings. The number of hydrogen-bond donors (Lipinski definition) is 2. The summed E-state index contributed by atoms with van der Waals surface area (Å²) < 4.78 is 23.6. The van der Waals surface area contributed by atoms with Crippen molar-refractivity contribution in [1.82, 2.24) is 4.40 Å². The molecule has 192 valence electrons. The van der Waals surface area contributed by atoms with Crippen molar-refractivity contribution in [1.29, 1.82) is 0 Å². The number of methoxy groups -OCH3 is 2. The van der Waals surface area contributed by atoms with Crippen LogP contribution < -0.4 is 15.1 Å². The Morgan fingerprint density at radius 3 is 2.41 bits per heavy atom. The Bertz CT molecular complexity index is 1740. The summed E-state index contributed by atoms with van der Waals surface area (Å²) in [4.78, 5) is 25.8. The van der Waals surface area contributed by atoms with E-state index in [9.17, 15) is 19.8 Å². The zero-order chi connectivity index (χ0) is 26.3. The molecule has 0 aliphatic carbocycles. The first-order chi connectivity index (χ1) is 17.9. The average Bonchev–Trinajstić information content (AvgIpc) is 3.22. The Labute approximate surface area is 218 Å². The van der Waals surface area contributed by atoms with Crippen molar-refractivity contribution in [3.8, 4) is 23.0 Å². The molecule has 5 aromatic rings. The van der Waals surface area contributed by atoms with E-state index in [1.807, 2.05) is 0 Å². The van der Waals surface area contributed by atoms with Gasteiger partial charge in [0.15, 0.2) is 23.0 Å². The first-order valence-electron chi connectivity index (χ1n) is 11.6. The van der Waals surface area contributed by atoms with E-state index in [-0.39, 0.29) is 53.1 Å². The lowest BCUT2D eigenvalue weighted by molar-refractivity contribution is -0.145. The number of carbonyl (C=O) groups is 1. The van der Waals surface area contributed by atoms with Crippen LogP contribution in [0.5, 0.6) is 23.0 Å². The van der Waals surface area contributed by atoms with Gasteiger partial charge in [-0.25, -0.2) is 4.79 Å². The van der Waals surface area contributed by atoms with Crippen molar-refractivity contribution in [3.05, 3.63) is 52.5 Å². The Hall–Kier alpha value is -3.92. The zero-order valence-electron chi connectivity index (χ0n) is 20.2. The van der Waals surface area contributed by atoms with Crippen LogP contribution in [0.2, 0.25) is 0 Å². The number of nitrogens with zero attached hydrogens (tertiary/aromatic N) is 1. The predicted molar refractivity (Wildman–Crippen MR) is 142 cm³/mol. The number of fused-ring (bicyclic) bond motifs is 7. The lowest BCUT2D eigenvalue weighted by atomic mass is 10.0. The van der Waals surface area contributed by atoms with E-state index in [0.29, 0.717) is 39.0 Å². The molecular weight excluding hydrogens is 546 g/mol. The van der Waals surface area contributed by atoms with Crippen LogP contribution in [0.3, 0.4) is 0 Å². The molecule has 0 fully saturated rings. The number of aromatic nitrogens is 1. The maximum atomic E-state index is 13.2. The van der Waals surface area contributed by atoms with Crippen molar-refractivity contribution in [2.75, 3.05) is 19.5 Å².